The lowest BCUT2D eigenvalue weighted by Crippen LogP contribution is -2.29. The van der Waals surface area contributed by atoms with Crippen molar-refractivity contribution < 1.29 is 33.6 Å². The van der Waals surface area contributed by atoms with Crippen molar-refractivity contribution in [2.75, 3.05) is 26.2 Å². The van der Waals surface area contributed by atoms with Gasteiger partial charge in [0.15, 0.2) is 15.8 Å². The SMILES string of the molecule is COc1cc(C2C(=C(O)c3ccc(OCc4cccc(C)c4)cc3)C(=O)C(=O)N2c2nnc(SCc3ccccc3)s2)cc(OC)c1OC. The molecule has 1 atom stereocenters. The number of aromatic nitrogens is 2. The Hall–Kier alpha value is -5.33. The van der Waals surface area contributed by atoms with Crippen LogP contribution in [0.15, 0.2) is 101 Å². The fourth-order valence-corrected chi connectivity index (χ4v) is 7.34. The number of thioether (sulfide) groups is 1. The zero-order chi connectivity index (χ0) is 34.5. The minimum atomic E-state index is -1.09. The van der Waals surface area contributed by atoms with Crippen molar-refractivity contribution in [3.8, 4) is 23.0 Å². The van der Waals surface area contributed by atoms with E-state index in [2.05, 4.69) is 10.2 Å². The highest BCUT2D eigenvalue weighted by atomic mass is 32.2. The summed E-state index contributed by atoms with van der Waals surface area (Å²) in [6.07, 6.45) is 0. The largest absolute Gasteiger partial charge is 0.507 e. The Bertz CT molecular complexity index is 1990. The minimum Gasteiger partial charge on any atom is -0.507 e. The number of rotatable bonds is 12. The molecule has 0 bridgehead atoms. The Balaban J connectivity index is 1.38. The van der Waals surface area contributed by atoms with Gasteiger partial charge in [-0.25, -0.2) is 0 Å². The Labute approximate surface area is 291 Å². The molecule has 1 fully saturated rings. The number of amides is 1. The summed E-state index contributed by atoms with van der Waals surface area (Å²) in [5.74, 6) is 0.112. The van der Waals surface area contributed by atoms with Crippen LogP contribution in [-0.4, -0.2) is 48.3 Å². The van der Waals surface area contributed by atoms with Gasteiger partial charge in [-0.2, -0.15) is 0 Å². The van der Waals surface area contributed by atoms with Crippen molar-refractivity contribution in [1.29, 1.82) is 0 Å². The van der Waals surface area contributed by atoms with Crippen LogP contribution in [0.3, 0.4) is 0 Å². The third kappa shape index (κ3) is 7.10. The number of nitrogens with zero attached hydrogens (tertiary/aromatic N) is 3. The number of ketones is 1. The third-order valence-corrected chi connectivity index (χ3v) is 10.00. The molecule has 6 rings (SSSR count). The molecule has 1 aliphatic heterocycles. The molecule has 1 amide bonds. The number of aryl methyl sites for hydroxylation is 1. The molecule has 4 aromatic carbocycles. The van der Waals surface area contributed by atoms with Crippen molar-refractivity contribution >= 4 is 45.7 Å². The lowest BCUT2D eigenvalue weighted by Gasteiger charge is -2.24. The highest BCUT2D eigenvalue weighted by molar-refractivity contribution is 8.00. The Morgan fingerprint density at radius 1 is 0.857 bits per heavy atom. The van der Waals surface area contributed by atoms with E-state index in [1.165, 1.54) is 49.3 Å². The van der Waals surface area contributed by atoms with Gasteiger partial charge >= 0.3 is 5.91 Å². The van der Waals surface area contributed by atoms with E-state index in [0.29, 0.717) is 50.8 Å². The average Bonchev–Trinajstić information content (AvgIpc) is 3.70. The van der Waals surface area contributed by atoms with Gasteiger partial charge in [-0.1, -0.05) is 83.3 Å². The number of hydrogen-bond acceptors (Lipinski definition) is 11. The second-order valence-electron chi connectivity index (χ2n) is 11.1. The standard InChI is InChI=1S/C37H33N3O7S2/c1-22-9-8-12-24(17-22)20-47-27-15-13-25(14-16-27)32(41)30-31(26-18-28(44-2)34(46-4)29(19-26)45-3)40(35(43)33(30)42)36-38-39-37(49-36)48-21-23-10-6-5-7-11-23/h5-19,31,41H,20-21H2,1-4H3. The number of ether oxygens (including phenoxy) is 4. The zero-order valence-electron chi connectivity index (χ0n) is 27.2. The maximum Gasteiger partial charge on any atom is 0.301 e. The number of carbonyl (C=O) groups is 2. The summed E-state index contributed by atoms with van der Waals surface area (Å²) in [5, 5.41) is 20.5. The first kappa shape index (κ1) is 33.6. The van der Waals surface area contributed by atoms with Crippen molar-refractivity contribution in [1.82, 2.24) is 10.2 Å². The molecule has 5 aromatic rings. The molecule has 1 aliphatic rings. The van der Waals surface area contributed by atoms with Crippen LogP contribution < -0.4 is 23.8 Å². The van der Waals surface area contributed by atoms with Crippen LogP contribution in [0, 0.1) is 6.92 Å². The molecule has 1 saturated heterocycles. The van der Waals surface area contributed by atoms with Crippen molar-refractivity contribution in [3.63, 3.8) is 0 Å². The molecule has 12 heteroatoms. The first-order valence-electron chi connectivity index (χ1n) is 15.2. The molecule has 10 nitrogen and oxygen atoms in total. The van der Waals surface area contributed by atoms with Gasteiger partial charge in [-0.15, -0.1) is 10.2 Å². The van der Waals surface area contributed by atoms with E-state index < -0.39 is 17.7 Å². The predicted octanol–water partition coefficient (Wildman–Crippen LogP) is 7.37. The molecular formula is C37H33N3O7S2. The predicted molar refractivity (Wildman–Crippen MR) is 189 cm³/mol. The van der Waals surface area contributed by atoms with Gasteiger partial charge < -0.3 is 24.1 Å². The summed E-state index contributed by atoms with van der Waals surface area (Å²) in [4.78, 5) is 28.9. The highest BCUT2D eigenvalue weighted by Crippen LogP contribution is 2.48. The molecule has 0 aliphatic carbocycles. The molecule has 0 saturated carbocycles. The second kappa shape index (κ2) is 14.8. The monoisotopic (exact) mass is 695 g/mol. The summed E-state index contributed by atoms with van der Waals surface area (Å²) in [5.41, 5.74) is 3.90. The topological polar surface area (TPSA) is 120 Å². The summed E-state index contributed by atoms with van der Waals surface area (Å²) in [7, 11) is 4.43. The van der Waals surface area contributed by atoms with Crippen molar-refractivity contribution in [2.45, 2.75) is 29.7 Å². The molecular weight excluding hydrogens is 663 g/mol. The van der Waals surface area contributed by atoms with Gasteiger partial charge in [0, 0.05) is 11.3 Å². The van der Waals surface area contributed by atoms with Crippen molar-refractivity contribution in [3.05, 3.63) is 124 Å². The normalized spacial score (nSPS) is 15.3. The Kier molecular flexibility index (Phi) is 10.2. The molecule has 49 heavy (non-hydrogen) atoms. The van der Waals surface area contributed by atoms with Crippen molar-refractivity contribution in [2.24, 2.45) is 0 Å². The molecule has 0 spiro atoms. The summed E-state index contributed by atoms with van der Waals surface area (Å²) in [6.45, 7) is 2.39. The highest BCUT2D eigenvalue weighted by Gasteiger charge is 2.49. The fourth-order valence-electron chi connectivity index (χ4n) is 5.52. The summed E-state index contributed by atoms with van der Waals surface area (Å²) in [6, 6.07) is 26.8. The van der Waals surface area contributed by atoms with Crippen LogP contribution in [0.5, 0.6) is 23.0 Å². The van der Waals surface area contributed by atoms with Gasteiger partial charge in [-0.3, -0.25) is 14.5 Å². The Morgan fingerprint density at radius 3 is 2.20 bits per heavy atom. The number of aliphatic hydroxyl groups is 1. The molecule has 1 unspecified atom stereocenters. The van der Waals surface area contributed by atoms with Gasteiger partial charge in [0.2, 0.25) is 10.9 Å². The number of carbonyl (C=O) groups excluding carboxylic acids is 2. The number of methoxy groups -OCH3 is 3. The number of hydrogen-bond donors (Lipinski definition) is 1. The molecule has 250 valence electrons. The van der Waals surface area contributed by atoms with E-state index >= 15 is 0 Å². The second-order valence-corrected chi connectivity index (χ2v) is 13.2. The number of anilines is 1. The number of Topliss-reactive ketones (excluding diaryl/α,β-unsaturated/α-hetero) is 1. The summed E-state index contributed by atoms with van der Waals surface area (Å²) < 4.78 is 23.3. The quantitative estimate of drug-likeness (QED) is 0.0466. The van der Waals surface area contributed by atoms with Crippen LogP contribution in [0.4, 0.5) is 5.13 Å². The zero-order valence-corrected chi connectivity index (χ0v) is 28.8. The van der Waals surface area contributed by atoms with Crippen LogP contribution in [-0.2, 0) is 21.9 Å². The van der Waals surface area contributed by atoms with Crippen LogP contribution >= 0.6 is 23.1 Å². The van der Waals surface area contributed by atoms with Crippen LogP contribution in [0.1, 0.15) is 33.9 Å². The number of aliphatic hydroxyl groups excluding tert-OH is 1. The first-order chi connectivity index (χ1) is 23.8. The maximum atomic E-state index is 13.8. The lowest BCUT2D eigenvalue weighted by atomic mass is 9.94. The van der Waals surface area contributed by atoms with Crippen LogP contribution in [0.25, 0.3) is 5.76 Å². The van der Waals surface area contributed by atoms with E-state index in [4.69, 9.17) is 18.9 Å². The van der Waals surface area contributed by atoms with E-state index in [1.54, 1.807) is 36.4 Å². The van der Waals surface area contributed by atoms with E-state index in [9.17, 15) is 14.7 Å². The Morgan fingerprint density at radius 2 is 1.55 bits per heavy atom. The van der Waals surface area contributed by atoms with Gasteiger partial charge in [0.1, 0.15) is 18.1 Å². The van der Waals surface area contributed by atoms with Gasteiger partial charge in [0.25, 0.3) is 5.78 Å². The molecule has 1 N–H and O–H groups in total. The fraction of sp³-hybridized carbons (Fsp3) is 0.189. The van der Waals surface area contributed by atoms with E-state index in [0.717, 1.165) is 16.7 Å². The smallest absolute Gasteiger partial charge is 0.301 e. The first-order valence-corrected chi connectivity index (χ1v) is 17.0. The minimum absolute atomic E-state index is 0.124. The van der Waals surface area contributed by atoms with Crippen LogP contribution in [0.2, 0.25) is 0 Å². The molecule has 0 radical (unpaired) electrons. The molecule has 2 heterocycles. The maximum absolute atomic E-state index is 13.8. The third-order valence-electron chi connectivity index (χ3n) is 7.87. The lowest BCUT2D eigenvalue weighted by molar-refractivity contribution is -0.132. The van der Waals surface area contributed by atoms with E-state index in [-0.39, 0.29) is 16.5 Å². The van der Waals surface area contributed by atoms with Gasteiger partial charge in [-0.05, 0) is 60.0 Å². The number of benzene rings is 4. The van der Waals surface area contributed by atoms with Gasteiger partial charge in [0.05, 0.1) is 32.9 Å². The molecule has 1 aromatic heterocycles. The van der Waals surface area contributed by atoms with E-state index in [1.807, 2.05) is 61.5 Å². The summed E-state index contributed by atoms with van der Waals surface area (Å²) >= 11 is 2.65. The average molecular weight is 696 g/mol.